The molecule has 0 bridgehead atoms. The molecule has 1 N–H and O–H groups in total. The number of unbranched alkanes of at least 4 members (excludes halogenated alkanes) is 12. The Bertz CT molecular complexity index is 1040. The van der Waals surface area contributed by atoms with Crippen LogP contribution in [0.2, 0.25) is 0 Å². The van der Waals surface area contributed by atoms with E-state index in [1.54, 1.807) is 0 Å². The first-order valence-corrected chi connectivity index (χ1v) is 20.8. The molecule has 0 aromatic carbocycles. The molecule has 1 atom stereocenters. The number of hydrogen-bond donors (Lipinski definition) is 1. The summed E-state index contributed by atoms with van der Waals surface area (Å²) in [4.78, 5) is 24.3. The van der Waals surface area contributed by atoms with E-state index in [2.05, 4.69) is 111 Å². The average Bonchev–Trinajstić information content (AvgIpc) is 3.15. The molecule has 0 radical (unpaired) electrons. The molecule has 1 unspecified atom stereocenters. The van der Waals surface area contributed by atoms with Crippen molar-refractivity contribution in [3.05, 3.63) is 97.2 Å². The third-order valence-electron chi connectivity index (χ3n) is 8.37. The van der Waals surface area contributed by atoms with Crippen LogP contribution >= 0.6 is 0 Å². The highest BCUT2D eigenvalue weighted by Crippen LogP contribution is 2.12. The molecule has 0 saturated heterocycles. The Hall–Kier alpha value is -3.18. The van der Waals surface area contributed by atoms with Crippen molar-refractivity contribution in [1.82, 2.24) is 0 Å². The molecule has 0 heterocycles. The van der Waals surface area contributed by atoms with Crippen molar-refractivity contribution in [2.24, 2.45) is 0 Å². The van der Waals surface area contributed by atoms with E-state index in [4.69, 9.17) is 9.47 Å². The fourth-order valence-electron chi connectivity index (χ4n) is 5.30. The van der Waals surface area contributed by atoms with Crippen LogP contribution in [-0.2, 0) is 19.1 Å². The van der Waals surface area contributed by atoms with Crippen LogP contribution in [-0.4, -0.2) is 36.4 Å². The minimum Gasteiger partial charge on any atom is -0.462 e. The maximum Gasteiger partial charge on any atom is 0.306 e. The van der Waals surface area contributed by atoms with Gasteiger partial charge in [0.15, 0.2) is 6.10 Å². The fourth-order valence-corrected chi connectivity index (χ4v) is 5.30. The van der Waals surface area contributed by atoms with Gasteiger partial charge in [0, 0.05) is 12.8 Å². The third-order valence-corrected chi connectivity index (χ3v) is 8.37. The van der Waals surface area contributed by atoms with Gasteiger partial charge in [-0.2, -0.15) is 0 Å². The monoisotopic (exact) mass is 721 g/mol. The number of allylic oxidation sites excluding steroid dienone is 16. The van der Waals surface area contributed by atoms with E-state index in [9.17, 15) is 14.7 Å². The zero-order valence-corrected chi connectivity index (χ0v) is 33.3. The Morgan fingerprint density at radius 1 is 0.442 bits per heavy atom. The minimum atomic E-state index is -0.792. The smallest absolute Gasteiger partial charge is 0.306 e. The highest BCUT2D eigenvalue weighted by molar-refractivity contribution is 5.70. The molecule has 294 valence electrons. The molecule has 0 rings (SSSR count). The number of ether oxygens (including phenoxy) is 2. The van der Waals surface area contributed by atoms with Crippen LogP contribution in [0.1, 0.15) is 168 Å². The van der Waals surface area contributed by atoms with E-state index in [1.807, 2.05) is 0 Å². The summed E-state index contributed by atoms with van der Waals surface area (Å²) in [5.41, 5.74) is 0. The molecule has 52 heavy (non-hydrogen) atoms. The van der Waals surface area contributed by atoms with Gasteiger partial charge in [-0.25, -0.2) is 0 Å². The Morgan fingerprint density at radius 2 is 0.769 bits per heavy atom. The lowest BCUT2D eigenvalue weighted by Gasteiger charge is -2.15. The molecule has 0 aliphatic heterocycles. The van der Waals surface area contributed by atoms with E-state index in [0.29, 0.717) is 12.8 Å². The zero-order valence-electron chi connectivity index (χ0n) is 33.3. The molecule has 0 amide bonds. The Balaban J connectivity index is 3.64. The zero-order chi connectivity index (χ0) is 37.8. The van der Waals surface area contributed by atoms with Crippen LogP contribution in [0.4, 0.5) is 0 Å². The normalized spacial score (nSPS) is 13.2. The van der Waals surface area contributed by atoms with Crippen LogP contribution in [0.5, 0.6) is 0 Å². The quantitative estimate of drug-likeness (QED) is 0.0396. The number of carbonyl (C=O) groups excluding carboxylic acids is 2. The maximum atomic E-state index is 12.2. The summed E-state index contributed by atoms with van der Waals surface area (Å²) >= 11 is 0. The predicted octanol–water partition coefficient (Wildman–Crippen LogP) is 13.3. The number of rotatable bonds is 36. The Kier molecular flexibility index (Phi) is 39.7. The van der Waals surface area contributed by atoms with Crippen LogP contribution < -0.4 is 0 Å². The Morgan fingerprint density at radius 3 is 1.15 bits per heavy atom. The predicted molar refractivity (Wildman–Crippen MR) is 223 cm³/mol. The molecule has 0 aromatic rings. The summed E-state index contributed by atoms with van der Waals surface area (Å²) in [6, 6.07) is 0. The van der Waals surface area contributed by atoms with Crippen LogP contribution in [0.3, 0.4) is 0 Å². The number of aliphatic hydroxyl groups excluding tert-OH is 1. The van der Waals surface area contributed by atoms with Crippen molar-refractivity contribution in [1.29, 1.82) is 0 Å². The van der Waals surface area contributed by atoms with Gasteiger partial charge in [0.05, 0.1) is 6.61 Å². The SMILES string of the molecule is CC/C=C\C/C=C\C/C=C\C/C=C\CCCCCCCCCCC(=O)OC(CO)COC(=O)CCCCCC/C=C\C/C=C\C/C=C\C/C=C\CC. The fraction of sp³-hybridized carbons (Fsp3) is 0.617. The number of hydrogen-bond acceptors (Lipinski definition) is 5. The van der Waals surface area contributed by atoms with E-state index in [1.165, 1.54) is 32.1 Å². The highest BCUT2D eigenvalue weighted by atomic mass is 16.6. The summed E-state index contributed by atoms with van der Waals surface area (Å²) in [7, 11) is 0. The van der Waals surface area contributed by atoms with Gasteiger partial charge in [0.2, 0.25) is 0 Å². The van der Waals surface area contributed by atoms with Gasteiger partial charge < -0.3 is 14.6 Å². The first kappa shape index (κ1) is 48.8. The minimum absolute atomic E-state index is 0.0881. The molecular weight excluding hydrogens is 645 g/mol. The lowest BCUT2D eigenvalue weighted by atomic mass is 10.1. The summed E-state index contributed by atoms with van der Waals surface area (Å²) in [5.74, 6) is -0.637. The first-order chi connectivity index (χ1) is 25.6. The standard InChI is InChI=1S/C47H76O5/c1-3-5-7-9-11-13-15-17-19-21-22-23-24-26-28-30-32-34-36-38-40-42-47(50)52-45(43-48)44-51-46(49)41-39-37-35-33-31-29-27-25-20-18-16-14-12-10-8-6-4-2/h5-8,11-14,17-20,22-23,27,29,45,48H,3-4,9-10,15-16,21,24-26,28,30-44H2,1-2H3/b7-5-,8-6-,13-11-,14-12-,19-17-,20-18-,23-22-,29-27-. The van der Waals surface area contributed by atoms with Crippen molar-refractivity contribution in [2.75, 3.05) is 13.2 Å². The molecular formula is C47H76O5. The van der Waals surface area contributed by atoms with Crippen molar-refractivity contribution in [3.8, 4) is 0 Å². The Labute approximate surface area is 319 Å². The van der Waals surface area contributed by atoms with E-state index in [0.717, 1.165) is 109 Å². The summed E-state index contributed by atoms with van der Waals surface area (Å²) < 4.78 is 10.6. The molecule has 0 aliphatic rings. The van der Waals surface area contributed by atoms with Gasteiger partial charge in [-0.05, 0) is 89.9 Å². The van der Waals surface area contributed by atoms with Crippen LogP contribution in [0.25, 0.3) is 0 Å². The number of carbonyl (C=O) groups is 2. The second-order valence-electron chi connectivity index (χ2n) is 13.3. The second-order valence-corrected chi connectivity index (χ2v) is 13.3. The second kappa shape index (κ2) is 42.2. The molecule has 0 fully saturated rings. The van der Waals surface area contributed by atoms with Gasteiger partial charge in [0.25, 0.3) is 0 Å². The summed E-state index contributed by atoms with van der Waals surface area (Å²) in [6.07, 6.45) is 59.0. The maximum absolute atomic E-state index is 12.2. The summed E-state index contributed by atoms with van der Waals surface area (Å²) in [5, 5.41) is 9.57. The lowest BCUT2D eigenvalue weighted by molar-refractivity contribution is -0.161. The van der Waals surface area contributed by atoms with Gasteiger partial charge >= 0.3 is 11.9 Å². The molecule has 0 spiro atoms. The summed E-state index contributed by atoms with van der Waals surface area (Å²) in [6.45, 7) is 3.87. The van der Waals surface area contributed by atoms with Crippen molar-refractivity contribution in [2.45, 2.75) is 174 Å². The van der Waals surface area contributed by atoms with Crippen molar-refractivity contribution < 1.29 is 24.2 Å². The first-order valence-electron chi connectivity index (χ1n) is 20.8. The molecule has 5 nitrogen and oxygen atoms in total. The van der Waals surface area contributed by atoms with E-state index >= 15 is 0 Å². The third kappa shape index (κ3) is 39.6. The van der Waals surface area contributed by atoms with Gasteiger partial charge in [-0.15, -0.1) is 0 Å². The largest absolute Gasteiger partial charge is 0.462 e. The lowest BCUT2D eigenvalue weighted by Crippen LogP contribution is -2.28. The van der Waals surface area contributed by atoms with E-state index < -0.39 is 6.10 Å². The molecule has 0 aliphatic carbocycles. The van der Waals surface area contributed by atoms with Crippen molar-refractivity contribution >= 4 is 11.9 Å². The van der Waals surface area contributed by atoms with Crippen molar-refractivity contribution in [3.63, 3.8) is 0 Å². The highest BCUT2D eigenvalue weighted by Gasteiger charge is 2.16. The number of esters is 2. The van der Waals surface area contributed by atoms with Crippen LogP contribution in [0, 0.1) is 0 Å². The molecule has 0 saturated carbocycles. The topological polar surface area (TPSA) is 72.8 Å². The molecule has 5 heteroatoms. The molecule has 0 aromatic heterocycles. The number of aliphatic hydroxyl groups is 1. The van der Waals surface area contributed by atoms with E-state index in [-0.39, 0.29) is 25.2 Å². The van der Waals surface area contributed by atoms with Crippen LogP contribution in [0.15, 0.2) is 97.2 Å². The van der Waals surface area contributed by atoms with Gasteiger partial charge in [0.1, 0.15) is 6.61 Å². The van der Waals surface area contributed by atoms with Gasteiger partial charge in [-0.1, -0.05) is 162 Å². The average molecular weight is 721 g/mol. The van der Waals surface area contributed by atoms with Gasteiger partial charge in [-0.3, -0.25) is 9.59 Å².